The van der Waals surface area contributed by atoms with Gasteiger partial charge in [0.25, 0.3) is 0 Å². The molecule has 1 heterocycles. The average Bonchev–Trinajstić information content (AvgIpc) is 3.21. The van der Waals surface area contributed by atoms with Gasteiger partial charge in [-0.25, -0.2) is 4.79 Å². The van der Waals surface area contributed by atoms with Gasteiger partial charge in [0.05, 0.1) is 12.6 Å². The third kappa shape index (κ3) is 4.98. The second-order valence-corrected chi connectivity index (χ2v) is 7.61. The summed E-state index contributed by atoms with van der Waals surface area (Å²) in [6, 6.07) is 15.2. The van der Waals surface area contributed by atoms with Gasteiger partial charge in [-0.15, -0.1) is 11.8 Å². The molecule has 3 rings (SSSR count). The van der Waals surface area contributed by atoms with E-state index in [1.807, 2.05) is 35.4 Å². The zero-order valence-electron chi connectivity index (χ0n) is 16.0. The van der Waals surface area contributed by atoms with Crippen molar-refractivity contribution in [1.29, 1.82) is 0 Å². The van der Waals surface area contributed by atoms with E-state index in [9.17, 15) is 9.59 Å². The van der Waals surface area contributed by atoms with E-state index in [-0.39, 0.29) is 24.5 Å². The van der Waals surface area contributed by atoms with Crippen molar-refractivity contribution in [1.82, 2.24) is 15.5 Å². The lowest BCUT2D eigenvalue weighted by molar-refractivity contribution is -0.131. The first kappa shape index (κ1) is 20.1. The number of nitrogens with two attached hydrogens (primary N) is 1. The molecule has 148 valence electrons. The van der Waals surface area contributed by atoms with Crippen molar-refractivity contribution in [2.24, 2.45) is 0 Å². The summed E-state index contributed by atoms with van der Waals surface area (Å²) in [6.07, 6.45) is 3.97. The Kier molecular flexibility index (Phi) is 6.81. The number of nitrogen functional groups attached to an aromatic ring is 1. The fourth-order valence-electron chi connectivity index (χ4n) is 3.47. The van der Waals surface area contributed by atoms with Gasteiger partial charge in [0.2, 0.25) is 5.91 Å². The number of urea groups is 1. The summed E-state index contributed by atoms with van der Waals surface area (Å²) < 4.78 is 0. The molecule has 2 aromatic rings. The molecule has 0 spiro atoms. The Morgan fingerprint density at radius 1 is 1.14 bits per heavy atom. The molecule has 4 N–H and O–H groups in total. The Hall–Kier alpha value is -2.67. The first-order valence-corrected chi connectivity index (χ1v) is 10.6. The molecule has 1 aliphatic rings. The number of carbonyl (C=O) groups is 2. The molecule has 1 saturated heterocycles. The van der Waals surface area contributed by atoms with Gasteiger partial charge in [0.1, 0.15) is 0 Å². The first-order chi connectivity index (χ1) is 13.6. The number of nitrogens with zero attached hydrogens (tertiary/aromatic N) is 1. The van der Waals surface area contributed by atoms with E-state index in [0.29, 0.717) is 12.2 Å². The summed E-state index contributed by atoms with van der Waals surface area (Å²) in [5.41, 5.74) is 8.47. The van der Waals surface area contributed by atoms with Crippen LogP contribution in [0.15, 0.2) is 53.4 Å². The summed E-state index contributed by atoms with van der Waals surface area (Å²) in [7, 11) is 0. The topological polar surface area (TPSA) is 87.5 Å². The van der Waals surface area contributed by atoms with Crippen molar-refractivity contribution < 1.29 is 9.59 Å². The molecule has 1 atom stereocenters. The van der Waals surface area contributed by atoms with Crippen molar-refractivity contribution in [3.63, 3.8) is 0 Å². The normalized spacial score (nSPS) is 16.0. The van der Waals surface area contributed by atoms with Gasteiger partial charge in [-0.2, -0.15) is 0 Å². The monoisotopic (exact) mass is 398 g/mol. The van der Waals surface area contributed by atoms with Crippen LogP contribution in [0.2, 0.25) is 0 Å². The molecule has 3 amide bonds. The summed E-state index contributed by atoms with van der Waals surface area (Å²) in [5, 5.41) is 5.43. The number of hydrogen-bond acceptors (Lipinski definition) is 4. The largest absolute Gasteiger partial charge is 0.399 e. The molecule has 7 heteroatoms. The van der Waals surface area contributed by atoms with Crippen molar-refractivity contribution >= 4 is 29.4 Å². The zero-order chi connectivity index (χ0) is 19.9. The van der Waals surface area contributed by atoms with E-state index < -0.39 is 0 Å². The third-order valence-electron chi connectivity index (χ3n) is 4.90. The van der Waals surface area contributed by atoms with E-state index in [4.69, 9.17) is 5.73 Å². The Labute approximate surface area is 169 Å². The molecular formula is C21H26N4O2S. The predicted octanol–water partition coefficient (Wildman–Crippen LogP) is 3.15. The fourth-order valence-corrected chi connectivity index (χ4v) is 4.12. The van der Waals surface area contributed by atoms with E-state index in [0.717, 1.165) is 24.9 Å². The van der Waals surface area contributed by atoms with Gasteiger partial charge in [-0.05, 0) is 48.4 Å². The lowest BCUT2D eigenvalue weighted by Gasteiger charge is -2.26. The predicted molar refractivity (Wildman–Crippen MR) is 113 cm³/mol. The molecule has 28 heavy (non-hydrogen) atoms. The van der Waals surface area contributed by atoms with Crippen LogP contribution in [0.3, 0.4) is 0 Å². The molecule has 0 saturated carbocycles. The van der Waals surface area contributed by atoms with Gasteiger partial charge in [-0.1, -0.05) is 30.3 Å². The molecule has 0 aromatic heterocycles. The highest BCUT2D eigenvalue weighted by Gasteiger charge is 2.31. The third-order valence-corrected chi connectivity index (χ3v) is 5.72. The number of rotatable bonds is 6. The molecule has 0 bridgehead atoms. The van der Waals surface area contributed by atoms with Crippen molar-refractivity contribution in [2.75, 3.05) is 25.1 Å². The van der Waals surface area contributed by atoms with Crippen molar-refractivity contribution in [2.45, 2.75) is 30.3 Å². The van der Waals surface area contributed by atoms with Gasteiger partial charge in [0, 0.05) is 23.7 Å². The zero-order valence-corrected chi connectivity index (χ0v) is 16.8. The van der Waals surface area contributed by atoms with E-state index in [1.165, 1.54) is 10.5 Å². The molecule has 0 aliphatic carbocycles. The van der Waals surface area contributed by atoms with Crippen LogP contribution in [0.25, 0.3) is 0 Å². The second-order valence-electron chi connectivity index (χ2n) is 6.76. The summed E-state index contributed by atoms with van der Waals surface area (Å²) in [6.45, 7) is 1.10. The highest BCUT2D eigenvalue weighted by molar-refractivity contribution is 7.98. The first-order valence-electron chi connectivity index (χ1n) is 9.37. The van der Waals surface area contributed by atoms with Crippen LogP contribution < -0.4 is 16.4 Å². The molecule has 0 unspecified atom stereocenters. The minimum atomic E-state index is -0.356. The molecule has 0 radical (unpaired) electrons. The van der Waals surface area contributed by atoms with Gasteiger partial charge >= 0.3 is 6.03 Å². The SMILES string of the molecule is CSc1ccccc1[C@H]1CCCN1C(=O)CNC(=O)NCc1ccc(N)cc1. The maximum absolute atomic E-state index is 12.7. The van der Waals surface area contributed by atoms with Crippen LogP contribution in [-0.4, -0.2) is 36.2 Å². The summed E-state index contributed by atoms with van der Waals surface area (Å²) in [5.74, 6) is -0.0546. The number of carbonyl (C=O) groups excluding carboxylic acids is 2. The summed E-state index contributed by atoms with van der Waals surface area (Å²) in [4.78, 5) is 27.8. The van der Waals surface area contributed by atoms with Crippen LogP contribution >= 0.6 is 11.8 Å². The van der Waals surface area contributed by atoms with E-state index >= 15 is 0 Å². The minimum absolute atomic E-state index is 0.00843. The quantitative estimate of drug-likeness (QED) is 0.515. The van der Waals surface area contributed by atoms with Crippen LogP contribution in [0.1, 0.15) is 30.0 Å². The fraction of sp³-hybridized carbons (Fsp3) is 0.333. The number of hydrogen-bond donors (Lipinski definition) is 3. The van der Waals surface area contributed by atoms with E-state index in [1.54, 1.807) is 23.9 Å². The van der Waals surface area contributed by atoms with Crippen LogP contribution in [0, 0.1) is 0 Å². The number of anilines is 1. The van der Waals surface area contributed by atoms with Crippen LogP contribution in [0.4, 0.5) is 10.5 Å². The average molecular weight is 399 g/mol. The highest BCUT2D eigenvalue weighted by Crippen LogP contribution is 2.36. The Morgan fingerprint density at radius 2 is 1.89 bits per heavy atom. The number of likely N-dealkylation sites (tertiary alicyclic amines) is 1. The summed E-state index contributed by atoms with van der Waals surface area (Å²) >= 11 is 1.69. The van der Waals surface area contributed by atoms with Crippen molar-refractivity contribution in [3.05, 3.63) is 59.7 Å². The Balaban J connectivity index is 1.52. The number of thioether (sulfide) groups is 1. The number of amides is 3. The lowest BCUT2D eigenvalue weighted by Crippen LogP contribution is -2.43. The van der Waals surface area contributed by atoms with Gasteiger partial charge < -0.3 is 21.3 Å². The minimum Gasteiger partial charge on any atom is -0.399 e. The molecule has 2 aromatic carbocycles. The second kappa shape index (κ2) is 9.50. The van der Waals surface area contributed by atoms with Gasteiger partial charge in [-0.3, -0.25) is 4.79 Å². The lowest BCUT2D eigenvalue weighted by atomic mass is 10.0. The molecule has 6 nitrogen and oxygen atoms in total. The highest BCUT2D eigenvalue weighted by atomic mass is 32.2. The number of nitrogens with one attached hydrogen (secondary N) is 2. The number of benzene rings is 2. The van der Waals surface area contributed by atoms with Crippen molar-refractivity contribution in [3.8, 4) is 0 Å². The maximum Gasteiger partial charge on any atom is 0.315 e. The van der Waals surface area contributed by atoms with E-state index in [2.05, 4.69) is 22.8 Å². The molecular weight excluding hydrogens is 372 g/mol. The van der Waals surface area contributed by atoms with Crippen LogP contribution in [0.5, 0.6) is 0 Å². The Morgan fingerprint density at radius 3 is 2.64 bits per heavy atom. The molecule has 1 aliphatic heterocycles. The van der Waals surface area contributed by atoms with Crippen LogP contribution in [-0.2, 0) is 11.3 Å². The standard InChI is InChI=1S/C21H26N4O2S/c1-28-19-7-3-2-5-17(19)18-6-4-12-25(18)20(26)14-24-21(27)23-13-15-8-10-16(22)11-9-15/h2-3,5,7-11,18H,4,6,12-14,22H2,1H3,(H2,23,24,27)/t18-/m1/s1. The maximum atomic E-state index is 12.7. The van der Waals surface area contributed by atoms with Gasteiger partial charge in [0.15, 0.2) is 0 Å². The smallest absolute Gasteiger partial charge is 0.315 e. The molecule has 1 fully saturated rings. The Bertz CT molecular complexity index is 825.